The number of ether oxygens (including phenoxy) is 1. The van der Waals surface area contributed by atoms with Crippen molar-refractivity contribution in [1.29, 1.82) is 0 Å². The number of carbonyl (C=O) groups excluding carboxylic acids is 2. The van der Waals surface area contributed by atoms with Gasteiger partial charge in [-0.25, -0.2) is 0 Å². The van der Waals surface area contributed by atoms with E-state index < -0.39 is 0 Å². The first-order chi connectivity index (χ1) is 17.7. The minimum atomic E-state index is -0.195. The van der Waals surface area contributed by atoms with Gasteiger partial charge >= 0.3 is 0 Å². The van der Waals surface area contributed by atoms with Crippen molar-refractivity contribution in [2.24, 2.45) is 0 Å². The van der Waals surface area contributed by atoms with Gasteiger partial charge in [0, 0.05) is 4.88 Å². The van der Waals surface area contributed by atoms with Gasteiger partial charge < -0.3 is 15.4 Å². The van der Waals surface area contributed by atoms with Gasteiger partial charge in [-0.05, 0) is 48.9 Å². The second-order valence-electron chi connectivity index (χ2n) is 9.40. The van der Waals surface area contributed by atoms with Crippen molar-refractivity contribution in [2.75, 3.05) is 17.7 Å². The Hall–Kier alpha value is -3.12. The molecule has 0 saturated carbocycles. The molecule has 1 aromatic heterocycles. The second-order valence-corrected chi connectivity index (χ2v) is 10.5. The number of anilines is 2. The zero-order valence-electron chi connectivity index (χ0n) is 21.1. The molecular weight excluding hydrogens is 468 g/mol. The van der Waals surface area contributed by atoms with E-state index in [4.69, 9.17) is 4.74 Å². The summed E-state index contributed by atoms with van der Waals surface area (Å²) < 4.78 is 5.45. The number of amides is 2. The number of rotatable bonds is 6. The maximum Gasteiger partial charge on any atom is 0.259 e. The molecule has 0 unspecified atom stereocenters. The van der Waals surface area contributed by atoms with E-state index in [-0.39, 0.29) is 18.2 Å². The number of aryl methyl sites for hydroxylation is 1. The lowest BCUT2D eigenvalue weighted by Gasteiger charge is -2.13. The van der Waals surface area contributed by atoms with Crippen molar-refractivity contribution >= 4 is 33.8 Å². The molecule has 2 amide bonds. The molecule has 0 aliphatic heterocycles. The van der Waals surface area contributed by atoms with Gasteiger partial charge in [0.15, 0.2) is 0 Å². The summed E-state index contributed by atoms with van der Waals surface area (Å²) >= 11 is 1.58. The summed E-state index contributed by atoms with van der Waals surface area (Å²) in [4.78, 5) is 28.0. The summed E-state index contributed by atoms with van der Waals surface area (Å²) in [5.74, 6) is 0.309. The minimum Gasteiger partial charge on any atom is -0.495 e. The van der Waals surface area contributed by atoms with E-state index in [1.165, 1.54) is 43.4 Å². The van der Waals surface area contributed by atoms with Crippen LogP contribution in [0, 0.1) is 0 Å². The van der Waals surface area contributed by atoms with Gasteiger partial charge in [0.25, 0.3) is 5.91 Å². The summed E-state index contributed by atoms with van der Waals surface area (Å²) in [6.45, 7) is 0. The van der Waals surface area contributed by atoms with Crippen LogP contribution in [0.3, 0.4) is 0 Å². The topological polar surface area (TPSA) is 67.4 Å². The van der Waals surface area contributed by atoms with Gasteiger partial charge in [0.1, 0.15) is 10.8 Å². The molecule has 0 spiro atoms. The highest BCUT2D eigenvalue weighted by Gasteiger charge is 2.25. The van der Waals surface area contributed by atoms with Crippen LogP contribution in [0.4, 0.5) is 10.7 Å². The Balaban J connectivity index is 1.65. The number of thiophene rings is 1. The van der Waals surface area contributed by atoms with Crippen LogP contribution in [0.2, 0.25) is 0 Å². The van der Waals surface area contributed by atoms with Crippen LogP contribution in [0.15, 0.2) is 54.6 Å². The fourth-order valence-electron chi connectivity index (χ4n) is 4.84. The van der Waals surface area contributed by atoms with Crippen molar-refractivity contribution in [3.8, 4) is 5.75 Å². The predicted octanol–water partition coefficient (Wildman–Crippen LogP) is 7.41. The standard InChI is InChI=1S/C30H36N2O3S/c1-35-25-19-14-13-18-24(25)31-29(34)28-23-17-11-6-4-2-3-5-7-12-20-26(23)36-30(28)32-27(33)21-22-15-9-8-10-16-22/h8-10,13-16,18-19H,2-7,11-12,17,20-21H2,1H3,(H,31,34)(H,32,33). The Bertz CT molecular complexity index is 1160. The number of benzene rings is 2. The van der Waals surface area contributed by atoms with Crippen molar-refractivity contribution in [1.82, 2.24) is 0 Å². The van der Waals surface area contributed by atoms with Gasteiger partial charge in [-0.2, -0.15) is 0 Å². The third-order valence-corrected chi connectivity index (χ3v) is 7.92. The SMILES string of the molecule is COc1ccccc1NC(=O)c1c(NC(=O)Cc2ccccc2)sc2c1CCCCCCCCCC2. The van der Waals surface area contributed by atoms with Crippen LogP contribution < -0.4 is 15.4 Å². The molecule has 5 nitrogen and oxygen atoms in total. The summed E-state index contributed by atoms with van der Waals surface area (Å²) in [7, 11) is 1.60. The first kappa shape index (κ1) is 26.0. The number of para-hydroxylation sites is 2. The average molecular weight is 505 g/mol. The molecule has 0 saturated heterocycles. The molecule has 0 fully saturated rings. The molecule has 4 rings (SSSR count). The van der Waals surface area contributed by atoms with Crippen LogP contribution in [-0.4, -0.2) is 18.9 Å². The zero-order valence-corrected chi connectivity index (χ0v) is 21.9. The van der Waals surface area contributed by atoms with Crippen LogP contribution in [0.5, 0.6) is 5.75 Å². The number of hydrogen-bond donors (Lipinski definition) is 2. The summed E-state index contributed by atoms with van der Waals surface area (Å²) in [6.07, 6.45) is 11.7. The third kappa shape index (κ3) is 6.97. The average Bonchev–Trinajstić information content (AvgIpc) is 3.21. The van der Waals surface area contributed by atoms with Crippen molar-refractivity contribution in [3.05, 3.63) is 76.2 Å². The van der Waals surface area contributed by atoms with Crippen molar-refractivity contribution in [3.63, 3.8) is 0 Å². The Morgan fingerprint density at radius 3 is 2.17 bits per heavy atom. The predicted molar refractivity (Wildman–Crippen MR) is 148 cm³/mol. The fraction of sp³-hybridized carbons (Fsp3) is 0.400. The van der Waals surface area contributed by atoms with Gasteiger partial charge in [-0.3, -0.25) is 9.59 Å². The van der Waals surface area contributed by atoms with Crippen molar-refractivity contribution < 1.29 is 14.3 Å². The molecule has 1 heterocycles. The highest BCUT2D eigenvalue weighted by molar-refractivity contribution is 7.17. The molecule has 1 aliphatic rings. The molecule has 0 atom stereocenters. The Labute approximate surface area is 218 Å². The minimum absolute atomic E-state index is 0.107. The largest absolute Gasteiger partial charge is 0.495 e. The van der Waals surface area contributed by atoms with E-state index in [1.54, 1.807) is 18.4 Å². The molecule has 0 bridgehead atoms. The molecule has 36 heavy (non-hydrogen) atoms. The number of hydrogen-bond acceptors (Lipinski definition) is 4. The molecule has 190 valence electrons. The molecule has 1 aliphatic carbocycles. The summed E-state index contributed by atoms with van der Waals surface area (Å²) in [6, 6.07) is 17.1. The Morgan fingerprint density at radius 1 is 0.806 bits per heavy atom. The quantitative estimate of drug-likeness (QED) is 0.367. The van der Waals surface area contributed by atoms with Crippen molar-refractivity contribution in [2.45, 2.75) is 70.6 Å². The van der Waals surface area contributed by atoms with Crippen LogP contribution in [0.25, 0.3) is 0 Å². The highest BCUT2D eigenvalue weighted by Crippen LogP contribution is 2.37. The van der Waals surface area contributed by atoms with Gasteiger partial charge in [-0.1, -0.05) is 81.0 Å². The van der Waals surface area contributed by atoms with E-state index in [0.29, 0.717) is 22.0 Å². The molecule has 2 N–H and O–H groups in total. The lowest BCUT2D eigenvalue weighted by Crippen LogP contribution is -2.19. The maximum absolute atomic E-state index is 13.7. The van der Waals surface area contributed by atoms with E-state index in [2.05, 4.69) is 10.6 Å². The number of carbonyl (C=O) groups is 2. The normalized spacial score (nSPS) is 14.6. The van der Waals surface area contributed by atoms with Crippen LogP contribution >= 0.6 is 11.3 Å². The second kappa shape index (κ2) is 13.3. The lowest BCUT2D eigenvalue weighted by molar-refractivity contribution is -0.115. The zero-order chi connectivity index (χ0) is 25.2. The van der Waals surface area contributed by atoms with E-state index in [0.717, 1.165) is 36.8 Å². The highest BCUT2D eigenvalue weighted by atomic mass is 32.1. The van der Waals surface area contributed by atoms with E-state index >= 15 is 0 Å². The Morgan fingerprint density at radius 2 is 1.44 bits per heavy atom. The van der Waals surface area contributed by atoms with Gasteiger partial charge in [0.2, 0.25) is 5.91 Å². The molecule has 0 radical (unpaired) electrons. The molecule has 3 aromatic rings. The number of nitrogens with one attached hydrogen (secondary N) is 2. The monoisotopic (exact) mass is 504 g/mol. The molecule has 6 heteroatoms. The smallest absolute Gasteiger partial charge is 0.259 e. The number of methoxy groups -OCH3 is 1. The maximum atomic E-state index is 13.7. The van der Waals surface area contributed by atoms with E-state index in [1.807, 2.05) is 54.6 Å². The van der Waals surface area contributed by atoms with Gasteiger partial charge in [0.05, 0.1) is 24.8 Å². The Kier molecular flexibility index (Phi) is 9.56. The molecule has 2 aromatic carbocycles. The van der Waals surface area contributed by atoms with Crippen LogP contribution in [-0.2, 0) is 24.1 Å². The summed E-state index contributed by atoms with van der Waals surface area (Å²) in [5, 5.41) is 6.81. The lowest BCUT2D eigenvalue weighted by atomic mass is 9.97. The number of fused-ring (bicyclic) bond motifs is 1. The first-order valence-corrected chi connectivity index (χ1v) is 13.9. The van der Waals surface area contributed by atoms with Crippen LogP contribution in [0.1, 0.15) is 77.7 Å². The van der Waals surface area contributed by atoms with Gasteiger partial charge in [-0.15, -0.1) is 11.3 Å². The van der Waals surface area contributed by atoms with E-state index in [9.17, 15) is 9.59 Å². The first-order valence-electron chi connectivity index (χ1n) is 13.1. The fourth-order valence-corrected chi connectivity index (χ4v) is 6.14. The summed E-state index contributed by atoms with van der Waals surface area (Å²) in [5.41, 5.74) is 3.28. The third-order valence-electron chi connectivity index (χ3n) is 6.71. The molecular formula is C30H36N2O3S.